The first-order valence-corrected chi connectivity index (χ1v) is 9.04. The van der Waals surface area contributed by atoms with Gasteiger partial charge in [0.05, 0.1) is 11.3 Å². The molecule has 25 heavy (non-hydrogen) atoms. The van der Waals surface area contributed by atoms with Gasteiger partial charge in [-0.3, -0.25) is 19.3 Å². The first kappa shape index (κ1) is 16.1. The van der Waals surface area contributed by atoms with E-state index in [0.29, 0.717) is 24.1 Å². The van der Waals surface area contributed by atoms with Gasteiger partial charge < -0.3 is 9.80 Å². The number of fused-ring (bicyclic) bond motifs is 3. The number of hydrogen-bond donors (Lipinski definition) is 0. The molecule has 0 bridgehead atoms. The molecule has 0 radical (unpaired) electrons. The molecule has 132 valence electrons. The Balaban J connectivity index is 1.68. The molecule has 0 unspecified atom stereocenters. The maximum absolute atomic E-state index is 13.1. The summed E-state index contributed by atoms with van der Waals surface area (Å²) < 4.78 is 0. The number of amides is 3. The van der Waals surface area contributed by atoms with E-state index < -0.39 is 5.66 Å². The molecule has 3 amide bonds. The minimum absolute atomic E-state index is 0.0119. The Hall–Kier alpha value is -2.37. The zero-order chi connectivity index (χ0) is 17.6. The largest absolute Gasteiger partial charge is 0.341 e. The van der Waals surface area contributed by atoms with Gasteiger partial charge in [-0.1, -0.05) is 12.1 Å². The number of carbonyl (C=O) groups excluding carboxylic acids is 3. The number of carbonyl (C=O) groups is 3. The summed E-state index contributed by atoms with van der Waals surface area (Å²) >= 11 is 0. The number of piperidine rings is 1. The van der Waals surface area contributed by atoms with Gasteiger partial charge in [0.15, 0.2) is 0 Å². The van der Waals surface area contributed by atoms with Crippen LogP contribution in [0.2, 0.25) is 0 Å². The van der Waals surface area contributed by atoms with Gasteiger partial charge in [-0.2, -0.15) is 0 Å². The fourth-order valence-electron chi connectivity index (χ4n) is 4.32. The lowest BCUT2D eigenvalue weighted by molar-refractivity contribution is -0.134. The van der Waals surface area contributed by atoms with E-state index in [1.165, 1.54) is 0 Å². The molecule has 2 fully saturated rings. The predicted octanol–water partition coefficient (Wildman–Crippen LogP) is 2.00. The highest BCUT2D eigenvalue weighted by molar-refractivity contribution is 6.11. The third-order valence-corrected chi connectivity index (χ3v) is 5.75. The van der Waals surface area contributed by atoms with E-state index in [1.54, 1.807) is 21.9 Å². The Morgan fingerprint density at radius 3 is 2.60 bits per heavy atom. The van der Waals surface area contributed by atoms with Crippen LogP contribution in [0.5, 0.6) is 0 Å². The molecule has 1 aromatic rings. The number of anilines is 1. The maximum Gasteiger partial charge on any atom is 0.258 e. The van der Waals surface area contributed by atoms with Crippen LogP contribution in [0.1, 0.15) is 49.4 Å². The van der Waals surface area contributed by atoms with E-state index >= 15 is 0 Å². The molecule has 2 saturated heterocycles. The van der Waals surface area contributed by atoms with Gasteiger partial charge in [-0.05, 0) is 44.7 Å². The molecular weight excluding hydrogens is 318 g/mol. The number of hydrogen-bond acceptors (Lipinski definition) is 3. The summed E-state index contributed by atoms with van der Waals surface area (Å²) in [6.07, 6.45) is 4.14. The van der Waals surface area contributed by atoms with Crippen molar-refractivity contribution in [2.75, 3.05) is 24.5 Å². The zero-order valence-electron chi connectivity index (χ0n) is 14.5. The summed E-state index contributed by atoms with van der Waals surface area (Å²) in [5.74, 6) is -0.166. The minimum atomic E-state index is -0.756. The monoisotopic (exact) mass is 341 g/mol. The lowest BCUT2D eigenvalue weighted by Crippen LogP contribution is -2.64. The van der Waals surface area contributed by atoms with Crippen LogP contribution in [-0.2, 0) is 9.59 Å². The average molecular weight is 341 g/mol. The van der Waals surface area contributed by atoms with Gasteiger partial charge in [-0.25, -0.2) is 0 Å². The molecule has 1 aromatic carbocycles. The molecule has 6 nitrogen and oxygen atoms in total. The van der Waals surface area contributed by atoms with Gasteiger partial charge in [0.2, 0.25) is 11.8 Å². The zero-order valence-corrected chi connectivity index (χ0v) is 14.5. The highest BCUT2D eigenvalue weighted by atomic mass is 16.2. The van der Waals surface area contributed by atoms with E-state index in [1.807, 2.05) is 24.0 Å². The second-order valence-corrected chi connectivity index (χ2v) is 7.30. The minimum Gasteiger partial charge on any atom is -0.341 e. The van der Waals surface area contributed by atoms with Crippen LogP contribution in [-0.4, -0.2) is 52.8 Å². The molecule has 0 saturated carbocycles. The van der Waals surface area contributed by atoms with Crippen molar-refractivity contribution >= 4 is 23.4 Å². The summed E-state index contributed by atoms with van der Waals surface area (Å²) in [7, 11) is 0. The summed E-state index contributed by atoms with van der Waals surface area (Å²) in [6.45, 7) is 3.45. The van der Waals surface area contributed by atoms with E-state index in [-0.39, 0.29) is 24.3 Å². The van der Waals surface area contributed by atoms with Crippen molar-refractivity contribution < 1.29 is 14.4 Å². The fourth-order valence-corrected chi connectivity index (χ4v) is 4.32. The van der Waals surface area contributed by atoms with Gasteiger partial charge >= 0.3 is 0 Å². The third-order valence-electron chi connectivity index (χ3n) is 5.75. The summed E-state index contributed by atoms with van der Waals surface area (Å²) in [4.78, 5) is 43.6. The molecule has 3 aliphatic rings. The first-order chi connectivity index (χ1) is 12.0. The van der Waals surface area contributed by atoms with Crippen molar-refractivity contribution in [3.05, 3.63) is 29.8 Å². The second kappa shape index (κ2) is 5.86. The standard InChI is InChI=1S/C19H23N3O3/c1-19-10-9-16(23)22(19)15-8-4-3-7-14(15)18(25)21(19)13-17(24)20-11-5-2-6-12-20/h3-4,7-8H,2,5-6,9-13H2,1H3/t19-/m1/s1. The lowest BCUT2D eigenvalue weighted by Gasteiger charge is -2.48. The van der Waals surface area contributed by atoms with Crippen molar-refractivity contribution in [3.8, 4) is 0 Å². The number of para-hydroxylation sites is 1. The number of nitrogens with zero attached hydrogens (tertiary/aromatic N) is 3. The fraction of sp³-hybridized carbons (Fsp3) is 0.526. The van der Waals surface area contributed by atoms with Crippen molar-refractivity contribution in [2.45, 2.75) is 44.7 Å². The normalized spacial score (nSPS) is 25.9. The molecule has 0 aromatic heterocycles. The Kier molecular flexibility index (Phi) is 3.78. The van der Waals surface area contributed by atoms with Crippen LogP contribution in [0.15, 0.2) is 24.3 Å². The van der Waals surface area contributed by atoms with Gasteiger partial charge in [0.25, 0.3) is 5.91 Å². The molecule has 0 N–H and O–H groups in total. The molecule has 0 aliphatic carbocycles. The Morgan fingerprint density at radius 2 is 1.84 bits per heavy atom. The summed E-state index contributed by atoms with van der Waals surface area (Å²) in [5.41, 5.74) is 0.411. The smallest absolute Gasteiger partial charge is 0.258 e. The number of likely N-dealkylation sites (tertiary alicyclic amines) is 1. The van der Waals surface area contributed by atoms with E-state index in [0.717, 1.165) is 32.4 Å². The van der Waals surface area contributed by atoms with Crippen LogP contribution in [0.3, 0.4) is 0 Å². The first-order valence-electron chi connectivity index (χ1n) is 9.04. The van der Waals surface area contributed by atoms with Crippen LogP contribution in [0.4, 0.5) is 5.69 Å². The quantitative estimate of drug-likeness (QED) is 0.827. The van der Waals surface area contributed by atoms with Crippen LogP contribution >= 0.6 is 0 Å². The molecule has 4 rings (SSSR count). The molecule has 6 heteroatoms. The third kappa shape index (κ3) is 2.42. The van der Waals surface area contributed by atoms with Gasteiger partial charge in [0.1, 0.15) is 12.2 Å². The van der Waals surface area contributed by atoms with Crippen LogP contribution in [0.25, 0.3) is 0 Å². The van der Waals surface area contributed by atoms with Crippen molar-refractivity contribution in [1.82, 2.24) is 9.80 Å². The SMILES string of the molecule is C[C@]12CCC(=O)N1c1ccccc1C(=O)N2CC(=O)N1CCCCC1. The van der Waals surface area contributed by atoms with Crippen LogP contribution < -0.4 is 4.90 Å². The second-order valence-electron chi connectivity index (χ2n) is 7.30. The van der Waals surface area contributed by atoms with Gasteiger partial charge in [0, 0.05) is 19.5 Å². The van der Waals surface area contributed by atoms with Crippen molar-refractivity contribution in [1.29, 1.82) is 0 Å². The van der Waals surface area contributed by atoms with E-state index in [2.05, 4.69) is 0 Å². The van der Waals surface area contributed by atoms with E-state index in [9.17, 15) is 14.4 Å². The Morgan fingerprint density at radius 1 is 1.12 bits per heavy atom. The lowest BCUT2D eigenvalue weighted by atomic mass is 9.98. The summed E-state index contributed by atoms with van der Waals surface area (Å²) in [6, 6.07) is 7.19. The maximum atomic E-state index is 13.1. The van der Waals surface area contributed by atoms with E-state index in [4.69, 9.17) is 0 Å². The van der Waals surface area contributed by atoms with Crippen molar-refractivity contribution in [2.24, 2.45) is 0 Å². The number of rotatable bonds is 2. The molecule has 3 heterocycles. The number of benzene rings is 1. The highest BCUT2D eigenvalue weighted by Gasteiger charge is 2.53. The Labute approximate surface area is 147 Å². The topological polar surface area (TPSA) is 60.9 Å². The molecular formula is C19H23N3O3. The summed E-state index contributed by atoms with van der Waals surface area (Å²) in [5, 5.41) is 0. The van der Waals surface area contributed by atoms with Crippen molar-refractivity contribution in [3.63, 3.8) is 0 Å². The molecule has 1 atom stereocenters. The molecule has 3 aliphatic heterocycles. The van der Waals surface area contributed by atoms with Gasteiger partial charge in [-0.15, -0.1) is 0 Å². The van der Waals surface area contributed by atoms with Crippen LogP contribution in [0, 0.1) is 0 Å². The highest BCUT2D eigenvalue weighted by Crippen LogP contribution is 2.43. The average Bonchev–Trinajstić information content (AvgIpc) is 2.95. The molecule has 0 spiro atoms. The Bertz CT molecular complexity index is 741. The predicted molar refractivity (Wildman–Crippen MR) is 93.0 cm³/mol.